The van der Waals surface area contributed by atoms with Gasteiger partial charge in [-0.2, -0.15) is 0 Å². The highest BCUT2D eigenvalue weighted by Gasteiger charge is 2.32. The van der Waals surface area contributed by atoms with Gasteiger partial charge < -0.3 is 15.2 Å². The predicted octanol–water partition coefficient (Wildman–Crippen LogP) is 0.116. The van der Waals surface area contributed by atoms with E-state index in [0.29, 0.717) is 18.5 Å². The molecule has 2 rings (SSSR count). The van der Waals surface area contributed by atoms with Crippen LogP contribution < -0.4 is 10.9 Å². The Kier molecular flexibility index (Phi) is 3.99. The highest BCUT2D eigenvalue weighted by molar-refractivity contribution is 5.97. The van der Waals surface area contributed by atoms with Crippen LogP contribution in [0.3, 0.4) is 0 Å². The molecule has 1 aromatic heterocycles. The van der Waals surface area contributed by atoms with Crippen molar-refractivity contribution in [3.63, 3.8) is 0 Å². The molecule has 2 amide bonds. The lowest BCUT2D eigenvalue weighted by Crippen LogP contribution is -2.51. The van der Waals surface area contributed by atoms with E-state index < -0.39 is 6.04 Å². The number of hydrogen-bond acceptors (Lipinski definition) is 3. The Labute approximate surface area is 110 Å². The van der Waals surface area contributed by atoms with Crippen LogP contribution in [-0.2, 0) is 4.79 Å². The number of carbonyl (C=O) groups excluding carboxylic acids is 2. The number of piperidine rings is 1. The molecule has 19 heavy (non-hydrogen) atoms. The number of nitrogens with zero attached hydrogens (tertiary/aromatic N) is 1. The van der Waals surface area contributed by atoms with Crippen molar-refractivity contribution in [3.05, 3.63) is 34.2 Å². The summed E-state index contributed by atoms with van der Waals surface area (Å²) in [6, 6.07) is 2.38. The fraction of sp³-hybridized carbons (Fsp3) is 0.462. The lowest BCUT2D eigenvalue weighted by molar-refractivity contribution is -0.126. The van der Waals surface area contributed by atoms with Gasteiger partial charge in [-0.05, 0) is 25.3 Å². The monoisotopic (exact) mass is 263 g/mol. The molecule has 0 spiro atoms. The summed E-state index contributed by atoms with van der Waals surface area (Å²) in [5.74, 6) is -0.419. The second-order valence-electron chi connectivity index (χ2n) is 4.57. The minimum absolute atomic E-state index is 0.155. The molecule has 1 saturated heterocycles. The average molecular weight is 263 g/mol. The fourth-order valence-electron chi connectivity index (χ4n) is 2.36. The van der Waals surface area contributed by atoms with Crippen LogP contribution in [0, 0.1) is 0 Å². The van der Waals surface area contributed by atoms with Gasteiger partial charge in [-0.15, -0.1) is 0 Å². The SMILES string of the molecule is CNC(=O)C1CCCCN1C(=O)c1cc[nH]c(=O)c1. The predicted molar refractivity (Wildman–Crippen MR) is 69.8 cm³/mol. The summed E-state index contributed by atoms with van der Waals surface area (Å²) in [7, 11) is 1.56. The molecule has 6 heteroatoms. The third kappa shape index (κ3) is 2.83. The summed E-state index contributed by atoms with van der Waals surface area (Å²) in [6.45, 7) is 0.545. The minimum Gasteiger partial charge on any atom is -0.357 e. The van der Waals surface area contributed by atoms with Crippen LogP contribution in [-0.4, -0.2) is 41.3 Å². The molecule has 102 valence electrons. The van der Waals surface area contributed by atoms with E-state index in [-0.39, 0.29) is 17.4 Å². The molecular weight excluding hydrogens is 246 g/mol. The smallest absolute Gasteiger partial charge is 0.254 e. The molecule has 0 aromatic carbocycles. The van der Waals surface area contributed by atoms with E-state index in [1.807, 2.05) is 0 Å². The molecule has 0 saturated carbocycles. The van der Waals surface area contributed by atoms with E-state index in [4.69, 9.17) is 0 Å². The number of hydrogen-bond donors (Lipinski definition) is 2. The van der Waals surface area contributed by atoms with Gasteiger partial charge >= 0.3 is 0 Å². The number of pyridine rings is 1. The van der Waals surface area contributed by atoms with Gasteiger partial charge in [0.05, 0.1) is 0 Å². The van der Waals surface area contributed by atoms with E-state index in [9.17, 15) is 14.4 Å². The Balaban J connectivity index is 2.25. The first kappa shape index (κ1) is 13.3. The molecule has 1 aromatic rings. The standard InChI is InChI=1S/C13H17N3O3/c1-14-12(18)10-4-2-3-7-16(10)13(19)9-5-6-15-11(17)8-9/h5-6,8,10H,2-4,7H2,1H3,(H,14,18)(H,15,17). The molecule has 0 radical (unpaired) electrons. The van der Waals surface area contributed by atoms with Crippen molar-refractivity contribution in [1.82, 2.24) is 15.2 Å². The molecule has 2 N–H and O–H groups in total. The number of aromatic nitrogens is 1. The normalized spacial score (nSPS) is 19.0. The van der Waals surface area contributed by atoms with E-state index in [0.717, 1.165) is 12.8 Å². The second kappa shape index (κ2) is 5.69. The van der Waals surface area contributed by atoms with Crippen LogP contribution in [0.25, 0.3) is 0 Å². The molecule has 1 aliphatic heterocycles. The molecule has 0 bridgehead atoms. The summed E-state index contributed by atoms with van der Waals surface area (Å²) < 4.78 is 0. The number of nitrogens with one attached hydrogen (secondary N) is 2. The van der Waals surface area contributed by atoms with E-state index in [1.54, 1.807) is 18.0 Å². The second-order valence-corrected chi connectivity index (χ2v) is 4.57. The molecule has 0 aliphatic carbocycles. The van der Waals surface area contributed by atoms with Crippen LogP contribution >= 0.6 is 0 Å². The summed E-state index contributed by atoms with van der Waals surface area (Å²) in [4.78, 5) is 39.4. The molecule has 2 heterocycles. The number of aromatic amines is 1. The van der Waals surface area contributed by atoms with Crippen LogP contribution in [0.15, 0.2) is 23.1 Å². The fourth-order valence-corrected chi connectivity index (χ4v) is 2.36. The Morgan fingerprint density at radius 2 is 2.21 bits per heavy atom. The van der Waals surface area contributed by atoms with Gasteiger partial charge in [-0.3, -0.25) is 14.4 Å². The van der Waals surface area contributed by atoms with Gasteiger partial charge in [-0.25, -0.2) is 0 Å². The van der Waals surface area contributed by atoms with Crippen LogP contribution in [0.4, 0.5) is 0 Å². The zero-order valence-electron chi connectivity index (χ0n) is 10.8. The molecule has 1 atom stereocenters. The van der Waals surface area contributed by atoms with E-state index in [2.05, 4.69) is 10.3 Å². The minimum atomic E-state index is -0.439. The first-order chi connectivity index (χ1) is 9.13. The Morgan fingerprint density at radius 1 is 1.42 bits per heavy atom. The average Bonchev–Trinajstić information content (AvgIpc) is 2.45. The first-order valence-electron chi connectivity index (χ1n) is 6.35. The van der Waals surface area contributed by atoms with Crippen molar-refractivity contribution >= 4 is 11.8 Å². The Bertz CT molecular complexity index is 538. The zero-order chi connectivity index (χ0) is 13.8. The zero-order valence-corrected chi connectivity index (χ0v) is 10.8. The van der Waals surface area contributed by atoms with Crippen LogP contribution in [0.5, 0.6) is 0 Å². The summed E-state index contributed by atoms with van der Waals surface area (Å²) in [6.07, 6.45) is 3.91. The summed E-state index contributed by atoms with van der Waals surface area (Å²) in [5, 5.41) is 2.58. The molecule has 1 aliphatic rings. The van der Waals surface area contributed by atoms with Gasteiger partial charge in [0.25, 0.3) is 5.91 Å². The number of rotatable bonds is 2. The number of likely N-dealkylation sites (tertiary alicyclic amines) is 1. The maximum absolute atomic E-state index is 12.4. The number of likely N-dealkylation sites (N-methyl/N-ethyl adjacent to an activating group) is 1. The van der Waals surface area contributed by atoms with E-state index >= 15 is 0 Å². The number of carbonyl (C=O) groups is 2. The summed E-state index contributed by atoms with van der Waals surface area (Å²) >= 11 is 0. The van der Waals surface area contributed by atoms with Crippen molar-refractivity contribution < 1.29 is 9.59 Å². The number of amides is 2. The van der Waals surface area contributed by atoms with Gasteiger partial charge in [-0.1, -0.05) is 0 Å². The van der Waals surface area contributed by atoms with Crippen molar-refractivity contribution in [1.29, 1.82) is 0 Å². The van der Waals surface area contributed by atoms with Crippen molar-refractivity contribution in [3.8, 4) is 0 Å². The highest BCUT2D eigenvalue weighted by atomic mass is 16.2. The molecule has 1 fully saturated rings. The molecule has 1 unspecified atom stereocenters. The van der Waals surface area contributed by atoms with Gasteiger partial charge in [0.2, 0.25) is 11.5 Å². The van der Waals surface area contributed by atoms with Crippen LogP contribution in [0.2, 0.25) is 0 Å². The van der Waals surface area contributed by atoms with E-state index in [1.165, 1.54) is 12.3 Å². The Morgan fingerprint density at radius 3 is 2.89 bits per heavy atom. The maximum Gasteiger partial charge on any atom is 0.254 e. The lowest BCUT2D eigenvalue weighted by Gasteiger charge is -2.34. The quantitative estimate of drug-likeness (QED) is 0.795. The maximum atomic E-state index is 12.4. The first-order valence-corrected chi connectivity index (χ1v) is 6.35. The summed E-state index contributed by atoms with van der Waals surface area (Å²) in [5.41, 5.74) is -0.00101. The van der Waals surface area contributed by atoms with Crippen molar-refractivity contribution in [2.75, 3.05) is 13.6 Å². The Hall–Kier alpha value is -2.11. The van der Waals surface area contributed by atoms with Crippen LogP contribution in [0.1, 0.15) is 29.6 Å². The van der Waals surface area contributed by atoms with Crippen molar-refractivity contribution in [2.45, 2.75) is 25.3 Å². The topological polar surface area (TPSA) is 82.3 Å². The van der Waals surface area contributed by atoms with Crippen molar-refractivity contribution in [2.24, 2.45) is 0 Å². The molecule has 6 nitrogen and oxygen atoms in total. The highest BCUT2D eigenvalue weighted by Crippen LogP contribution is 2.19. The molecular formula is C13H17N3O3. The number of H-pyrrole nitrogens is 1. The lowest BCUT2D eigenvalue weighted by atomic mass is 10.0. The third-order valence-corrected chi connectivity index (χ3v) is 3.33. The van der Waals surface area contributed by atoms with Gasteiger partial charge in [0.15, 0.2) is 0 Å². The van der Waals surface area contributed by atoms with Gasteiger partial charge in [0, 0.05) is 31.4 Å². The third-order valence-electron chi connectivity index (χ3n) is 3.33. The largest absolute Gasteiger partial charge is 0.357 e. The van der Waals surface area contributed by atoms with Gasteiger partial charge in [0.1, 0.15) is 6.04 Å².